The Morgan fingerprint density at radius 1 is 1.04 bits per heavy atom. The zero-order valence-electron chi connectivity index (χ0n) is 14.9. The van der Waals surface area contributed by atoms with Gasteiger partial charge < -0.3 is 4.43 Å². The number of benzene rings is 1. The van der Waals surface area contributed by atoms with Crippen molar-refractivity contribution in [3.05, 3.63) is 29.8 Å². The summed E-state index contributed by atoms with van der Waals surface area (Å²) in [5.74, 6) is 0.565. The van der Waals surface area contributed by atoms with Gasteiger partial charge in [0.25, 0.3) is 8.32 Å². The Balaban J connectivity index is 3.06. The molecule has 0 spiro atoms. The number of halogens is 2. The van der Waals surface area contributed by atoms with Crippen molar-refractivity contribution in [1.82, 2.24) is 0 Å². The Hall–Kier alpha value is -0.683. The second-order valence-corrected chi connectivity index (χ2v) is 13.4. The highest BCUT2D eigenvalue weighted by Crippen LogP contribution is 2.42. The lowest BCUT2D eigenvalue weighted by molar-refractivity contribution is 0.0983. The normalized spacial score (nSPS) is 13.7. The summed E-state index contributed by atoms with van der Waals surface area (Å²) in [5.41, 5.74) is 1.97. The van der Waals surface area contributed by atoms with E-state index in [1.807, 2.05) is 12.1 Å². The van der Waals surface area contributed by atoms with E-state index in [4.69, 9.17) is 4.43 Å². The summed E-state index contributed by atoms with van der Waals surface area (Å²) >= 11 is 3.05. The van der Waals surface area contributed by atoms with Crippen molar-refractivity contribution in [3.8, 4) is 5.75 Å². The molecule has 0 fully saturated rings. The van der Waals surface area contributed by atoms with E-state index in [0.717, 1.165) is 5.75 Å². The average Bonchev–Trinajstić information content (AvgIpc) is 2.50. The molecule has 2 nitrogen and oxygen atoms in total. The van der Waals surface area contributed by atoms with Crippen molar-refractivity contribution in [2.45, 2.75) is 63.0 Å². The summed E-state index contributed by atoms with van der Waals surface area (Å²) in [4.78, 5) is 11.2. The third-order valence-corrected chi connectivity index (χ3v) is 11.2. The van der Waals surface area contributed by atoms with Gasteiger partial charge in [0.1, 0.15) is 17.3 Å². The lowest BCUT2D eigenvalue weighted by Crippen LogP contribution is -2.50. The summed E-state index contributed by atoms with van der Waals surface area (Å²) in [6.07, 6.45) is 0. The SMILES string of the molecule is CC(C)[Si](Oc1ccc(C(=O)C(Br)CF)cc1)(C(C)C)C(C)C. The summed E-state index contributed by atoms with van der Waals surface area (Å²) in [6.45, 7) is 12.7. The molecule has 0 saturated heterocycles. The quantitative estimate of drug-likeness (QED) is 0.295. The molecule has 0 aliphatic carbocycles. The third kappa shape index (κ3) is 4.44. The van der Waals surface area contributed by atoms with E-state index in [2.05, 4.69) is 57.5 Å². The van der Waals surface area contributed by atoms with Crippen LogP contribution < -0.4 is 4.43 Å². The second kappa shape index (κ2) is 8.43. The summed E-state index contributed by atoms with van der Waals surface area (Å²) in [6, 6.07) is 7.11. The summed E-state index contributed by atoms with van der Waals surface area (Å²) < 4.78 is 19.2. The Kier molecular flexibility index (Phi) is 7.46. The van der Waals surface area contributed by atoms with Gasteiger partial charge in [0.15, 0.2) is 5.78 Å². The largest absolute Gasteiger partial charge is 0.543 e. The maximum absolute atomic E-state index is 12.6. The van der Waals surface area contributed by atoms with Gasteiger partial charge in [-0.25, -0.2) is 4.39 Å². The Labute approximate surface area is 149 Å². The molecule has 23 heavy (non-hydrogen) atoms. The van der Waals surface area contributed by atoms with E-state index in [-0.39, 0.29) is 5.78 Å². The maximum Gasteiger partial charge on any atom is 0.258 e. The zero-order valence-corrected chi connectivity index (χ0v) is 17.5. The molecule has 0 aliphatic rings. The minimum absolute atomic E-state index is 0.237. The number of Topliss-reactive ketones (excluding diaryl/α,β-unsaturated/α-hetero) is 1. The Morgan fingerprint density at radius 2 is 1.48 bits per heavy atom. The first-order valence-electron chi connectivity index (χ1n) is 8.20. The van der Waals surface area contributed by atoms with E-state index < -0.39 is 19.8 Å². The summed E-state index contributed by atoms with van der Waals surface area (Å²) in [5, 5.41) is 0. The molecule has 5 heteroatoms. The van der Waals surface area contributed by atoms with Crippen LogP contribution in [0, 0.1) is 0 Å². The van der Waals surface area contributed by atoms with Crippen LogP contribution in [0.5, 0.6) is 5.75 Å². The minimum Gasteiger partial charge on any atom is -0.543 e. The van der Waals surface area contributed by atoms with Crippen LogP contribution in [0.25, 0.3) is 0 Å². The smallest absolute Gasteiger partial charge is 0.258 e. The molecular formula is C18H28BrFO2Si. The Bertz CT molecular complexity index is 492. The van der Waals surface area contributed by atoms with E-state index in [1.54, 1.807) is 12.1 Å². The van der Waals surface area contributed by atoms with Crippen molar-refractivity contribution in [3.63, 3.8) is 0 Å². The molecule has 1 rings (SSSR count). The molecule has 0 N–H and O–H groups in total. The molecule has 1 aromatic carbocycles. The molecule has 1 aromatic rings. The first-order valence-corrected chi connectivity index (χ1v) is 11.3. The summed E-state index contributed by atoms with van der Waals surface area (Å²) in [7, 11) is -2.00. The van der Waals surface area contributed by atoms with Gasteiger partial charge in [-0.05, 0) is 40.9 Å². The molecule has 0 radical (unpaired) electrons. The fourth-order valence-corrected chi connectivity index (χ4v) is 9.01. The standard InChI is InChI=1S/C18H28BrFO2Si/c1-12(2)23(13(3)4,14(5)6)22-16-9-7-15(8-10-16)18(21)17(19)11-20/h7-10,12-14,17H,11H2,1-6H3. The highest BCUT2D eigenvalue weighted by atomic mass is 79.9. The van der Waals surface area contributed by atoms with Crippen molar-refractivity contribution in [2.75, 3.05) is 6.67 Å². The number of rotatable bonds is 8. The minimum atomic E-state index is -2.00. The van der Waals surface area contributed by atoms with Gasteiger partial charge in [-0.2, -0.15) is 0 Å². The number of hydrogen-bond acceptors (Lipinski definition) is 2. The molecule has 0 aromatic heterocycles. The van der Waals surface area contributed by atoms with Crippen molar-refractivity contribution >= 4 is 30.0 Å². The third-order valence-electron chi connectivity index (χ3n) is 4.56. The van der Waals surface area contributed by atoms with Crippen molar-refractivity contribution < 1.29 is 13.6 Å². The van der Waals surface area contributed by atoms with Gasteiger partial charge in [-0.3, -0.25) is 4.79 Å². The lowest BCUT2D eigenvalue weighted by atomic mass is 10.1. The second-order valence-electron chi connectivity index (χ2n) is 6.93. The molecule has 1 atom stereocenters. The fourth-order valence-electron chi connectivity index (χ4n) is 3.50. The predicted molar refractivity (Wildman–Crippen MR) is 101 cm³/mol. The number of carbonyl (C=O) groups is 1. The maximum atomic E-state index is 12.6. The van der Waals surface area contributed by atoms with E-state index in [1.165, 1.54) is 0 Å². The molecule has 0 heterocycles. The predicted octanol–water partition coefficient (Wildman–Crippen LogP) is 6.16. The van der Waals surface area contributed by atoms with Crippen LogP contribution in [-0.2, 0) is 0 Å². The van der Waals surface area contributed by atoms with Crippen LogP contribution in [0.4, 0.5) is 4.39 Å². The number of alkyl halides is 2. The molecule has 0 bridgehead atoms. The van der Waals surface area contributed by atoms with Crippen LogP contribution in [-0.4, -0.2) is 25.6 Å². The van der Waals surface area contributed by atoms with Crippen LogP contribution in [0.1, 0.15) is 51.9 Å². The number of carbonyl (C=O) groups excluding carboxylic acids is 1. The van der Waals surface area contributed by atoms with Gasteiger partial charge in [-0.15, -0.1) is 0 Å². The van der Waals surface area contributed by atoms with Gasteiger partial charge in [0.2, 0.25) is 0 Å². The zero-order chi connectivity index (χ0) is 17.8. The lowest BCUT2D eigenvalue weighted by Gasteiger charge is -2.42. The van der Waals surface area contributed by atoms with Crippen LogP contribution in [0.3, 0.4) is 0 Å². The van der Waals surface area contributed by atoms with Crippen LogP contribution in [0.2, 0.25) is 16.6 Å². The molecule has 130 valence electrons. The Morgan fingerprint density at radius 3 is 1.83 bits per heavy atom. The van der Waals surface area contributed by atoms with Crippen molar-refractivity contribution in [1.29, 1.82) is 0 Å². The van der Waals surface area contributed by atoms with Gasteiger partial charge in [0, 0.05) is 5.56 Å². The molecule has 0 saturated carbocycles. The van der Waals surface area contributed by atoms with E-state index in [9.17, 15) is 9.18 Å². The molecular weight excluding hydrogens is 375 g/mol. The van der Waals surface area contributed by atoms with E-state index >= 15 is 0 Å². The van der Waals surface area contributed by atoms with E-state index in [0.29, 0.717) is 22.2 Å². The topological polar surface area (TPSA) is 26.3 Å². The number of ketones is 1. The molecule has 0 aliphatic heterocycles. The fraction of sp³-hybridized carbons (Fsp3) is 0.611. The first-order chi connectivity index (χ1) is 10.7. The van der Waals surface area contributed by atoms with Gasteiger partial charge >= 0.3 is 0 Å². The van der Waals surface area contributed by atoms with Crippen LogP contribution >= 0.6 is 15.9 Å². The molecule has 0 amide bonds. The first kappa shape index (κ1) is 20.4. The van der Waals surface area contributed by atoms with Gasteiger partial charge in [0.05, 0.1) is 0 Å². The molecule has 1 unspecified atom stereocenters. The van der Waals surface area contributed by atoms with Gasteiger partial charge in [-0.1, -0.05) is 57.5 Å². The van der Waals surface area contributed by atoms with Crippen molar-refractivity contribution in [2.24, 2.45) is 0 Å². The average molecular weight is 403 g/mol. The highest BCUT2D eigenvalue weighted by Gasteiger charge is 2.46. The van der Waals surface area contributed by atoms with Crippen LogP contribution in [0.15, 0.2) is 24.3 Å². The number of hydrogen-bond donors (Lipinski definition) is 0. The monoisotopic (exact) mass is 402 g/mol. The highest BCUT2D eigenvalue weighted by molar-refractivity contribution is 9.10.